The molecule has 4 heterocycles. The first kappa shape index (κ1) is 18.0. The van der Waals surface area contributed by atoms with Gasteiger partial charge in [0.1, 0.15) is 0 Å². The molecule has 0 saturated heterocycles. The van der Waals surface area contributed by atoms with Crippen LogP contribution in [0.15, 0.2) is 73.3 Å². The Hall–Kier alpha value is -3.40. The Balaban J connectivity index is 1.39. The molecule has 0 N–H and O–H groups in total. The zero-order valence-corrected chi connectivity index (χ0v) is 16.1. The molecule has 0 aliphatic heterocycles. The van der Waals surface area contributed by atoms with Crippen LogP contribution in [0.5, 0.6) is 0 Å². The van der Waals surface area contributed by atoms with E-state index in [0.717, 1.165) is 46.7 Å². The summed E-state index contributed by atoms with van der Waals surface area (Å²) in [6, 6.07) is 16.5. The molecule has 4 aromatic rings. The summed E-state index contributed by atoms with van der Waals surface area (Å²) in [5.74, 6) is 0. The van der Waals surface area contributed by atoms with E-state index in [2.05, 4.69) is 44.2 Å². The number of pyridine rings is 4. The summed E-state index contributed by atoms with van der Waals surface area (Å²) in [6.07, 6.45) is 9.47. The number of hydrogen-bond acceptors (Lipinski definition) is 4. The molecule has 0 bridgehead atoms. The van der Waals surface area contributed by atoms with E-state index in [1.807, 2.05) is 62.9 Å². The third-order valence-corrected chi connectivity index (χ3v) is 4.70. The number of aryl methyl sites for hydroxylation is 4. The monoisotopic (exact) mass is 366 g/mol. The lowest BCUT2D eigenvalue weighted by Crippen LogP contribution is -1.95. The number of rotatable bonds is 5. The molecule has 0 spiro atoms. The zero-order chi connectivity index (χ0) is 19.3. The standard InChI is InChI=1S/C24H22N4/c1-17-3-9-21(25-13-17)23-11-7-19(15-27-23)5-6-20-8-12-24(28-16-20)22-10-4-18(2)14-26-22/h3-4,7-16H,5-6H2,1-2H3. The molecule has 28 heavy (non-hydrogen) atoms. The van der Waals surface area contributed by atoms with Gasteiger partial charge in [-0.05, 0) is 73.2 Å². The Morgan fingerprint density at radius 1 is 0.464 bits per heavy atom. The van der Waals surface area contributed by atoms with Crippen molar-refractivity contribution in [3.8, 4) is 22.8 Å². The van der Waals surface area contributed by atoms with E-state index in [-0.39, 0.29) is 0 Å². The highest BCUT2D eigenvalue weighted by molar-refractivity contribution is 5.55. The summed E-state index contributed by atoms with van der Waals surface area (Å²) in [4.78, 5) is 18.0. The van der Waals surface area contributed by atoms with Gasteiger partial charge in [-0.25, -0.2) is 0 Å². The molecule has 0 aliphatic carbocycles. The van der Waals surface area contributed by atoms with Crippen LogP contribution in [-0.2, 0) is 12.8 Å². The predicted molar refractivity (Wildman–Crippen MR) is 112 cm³/mol. The van der Waals surface area contributed by atoms with Gasteiger partial charge in [0.25, 0.3) is 0 Å². The van der Waals surface area contributed by atoms with Crippen molar-refractivity contribution in [3.63, 3.8) is 0 Å². The molecule has 138 valence electrons. The summed E-state index contributed by atoms with van der Waals surface area (Å²) in [5.41, 5.74) is 8.33. The Bertz CT molecular complexity index is 947. The van der Waals surface area contributed by atoms with E-state index in [9.17, 15) is 0 Å². The smallest absolute Gasteiger partial charge is 0.0886 e. The average Bonchev–Trinajstić information content (AvgIpc) is 2.74. The third kappa shape index (κ3) is 4.29. The molecule has 0 atom stereocenters. The first-order valence-corrected chi connectivity index (χ1v) is 9.43. The van der Waals surface area contributed by atoms with Crippen molar-refractivity contribution < 1.29 is 0 Å². The number of nitrogens with zero attached hydrogens (tertiary/aromatic N) is 4. The molecule has 0 amide bonds. The van der Waals surface area contributed by atoms with E-state index in [4.69, 9.17) is 0 Å². The lowest BCUT2D eigenvalue weighted by molar-refractivity contribution is 0.941. The van der Waals surface area contributed by atoms with Gasteiger partial charge >= 0.3 is 0 Å². The predicted octanol–water partition coefficient (Wildman–Crippen LogP) is 5.00. The molecular formula is C24H22N4. The first-order valence-electron chi connectivity index (χ1n) is 9.43. The number of hydrogen-bond donors (Lipinski definition) is 0. The van der Waals surface area contributed by atoms with Crippen molar-refractivity contribution in [3.05, 3.63) is 95.6 Å². The van der Waals surface area contributed by atoms with Crippen molar-refractivity contribution >= 4 is 0 Å². The minimum absolute atomic E-state index is 0.903. The Morgan fingerprint density at radius 3 is 1.11 bits per heavy atom. The van der Waals surface area contributed by atoms with Crippen molar-refractivity contribution in [1.82, 2.24) is 19.9 Å². The second-order valence-electron chi connectivity index (χ2n) is 7.04. The maximum absolute atomic E-state index is 4.57. The molecule has 0 aliphatic rings. The van der Waals surface area contributed by atoms with Crippen molar-refractivity contribution in [2.24, 2.45) is 0 Å². The van der Waals surface area contributed by atoms with Gasteiger partial charge in [0, 0.05) is 24.8 Å². The lowest BCUT2D eigenvalue weighted by Gasteiger charge is -2.05. The van der Waals surface area contributed by atoms with E-state index in [1.165, 1.54) is 11.1 Å². The van der Waals surface area contributed by atoms with Gasteiger partial charge in [0.15, 0.2) is 0 Å². The average molecular weight is 366 g/mol. The summed E-state index contributed by atoms with van der Waals surface area (Å²) >= 11 is 0. The molecule has 0 aromatic carbocycles. The van der Waals surface area contributed by atoms with Crippen LogP contribution in [-0.4, -0.2) is 19.9 Å². The SMILES string of the molecule is Cc1ccc(-c2ccc(CCc3ccc(-c4ccc(C)cn4)nc3)cn2)nc1. The lowest BCUT2D eigenvalue weighted by atomic mass is 10.1. The number of aromatic nitrogens is 4. The molecule has 0 fully saturated rings. The highest BCUT2D eigenvalue weighted by Crippen LogP contribution is 2.17. The highest BCUT2D eigenvalue weighted by atomic mass is 14.8. The van der Waals surface area contributed by atoms with Crippen LogP contribution in [0.4, 0.5) is 0 Å². The van der Waals surface area contributed by atoms with Crippen LogP contribution in [0.25, 0.3) is 22.8 Å². The van der Waals surface area contributed by atoms with Gasteiger partial charge in [-0.15, -0.1) is 0 Å². The van der Waals surface area contributed by atoms with Crippen molar-refractivity contribution in [2.45, 2.75) is 26.7 Å². The van der Waals surface area contributed by atoms with Crippen LogP contribution >= 0.6 is 0 Å². The molecule has 0 unspecified atom stereocenters. The van der Waals surface area contributed by atoms with E-state index >= 15 is 0 Å². The fraction of sp³-hybridized carbons (Fsp3) is 0.167. The fourth-order valence-electron chi connectivity index (χ4n) is 2.98. The Morgan fingerprint density at radius 2 is 0.821 bits per heavy atom. The molecule has 4 heteroatoms. The van der Waals surface area contributed by atoms with Gasteiger partial charge in [-0.2, -0.15) is 0 Å². The van der Waals surface area contributed by atoms with Crippen LogP contribution in [0.3, 0.4) is 0 Å². The summed E-state index contributed by atoms with van der Waals surface area (Å²) in [6.45, 7) is 4.07. The Kier molecular flexibility index (Phi) is 5.20. The van der Waals surface area contributed by atoms with Gasteiger partial charge < -0.3 is 0 Å². The molecule has 0 saturated carbocycles. The highest BCUT2D eigenvalue weighted by Gasteiger charge is 2.04. The Labute approximate surface area is 165 Å². The molecule has 4 nitrogen and oxygen atoms in total. The minimum Gasteiger partial charge on any atom is -0.254 e. The van der Waals surface area contributed by atoms with Gasteiger partial charge in [-0.3, -0.25) is 19.9 Å². The van der Waals surface area contributed by atoms with E-state index in [1.54, 1.807) is 0 Å². The quantitative estimate of drug-likeness (QED) is 0.499. The molecular weight excluding hydrogens is 344 g/mol. The molecule has 4 rings (SSSR count). The topological polar surface area (TPSA) is 51.6 Å². The minimum atomic E-state index is 0.903. The molecule has 0 radical (unpaired) electrons. The van der Waals surface area contributed by atoms with E-state index in [0.29, 0.717) is 0 Å². The first-order chi connectivity index (χ1) is 13.7. The van der Waals surface area contributed by atoms with Crippen LogP contribution < -0.4 is 0 Å². The summed E-state index contributed by atoms with van der Waals surface area (Å²) in [5, 5.41) is 0. The second kappa shape index (κ2) is 8.09. The van der Waals surface area contributed by atoms with Gasteiger partial charge in [0.05, 0.1) is 22.8 Å². The maximum Gasteiger partial charge on any atom is 0.0886 e. The summed E-state index contributed by atoms with van der Waals surface area (Å²) < 4.78 is 0. The van der Waals surface area contributed by atoms with Crippen molar-refractivity contribution in [2.75, 3.05) is 0 Å². The second-order valence-corrected chi connectivity index (χ2v) is 7.04. The molecule has 4 aromatic heterocycles. The van der Waals surface area contributed by atoms with Gasteiger partial charge in [-0.1, -0.05) is 24.3 Å². The van der Waals surface area contributed by atoms with Crippen molar-refractivity contribution in [1.29, 1.82) is 0 Å². The largest absolute Gasteiger partial charge is 0.254 e. The van der Waals surface area contributed by atoms with Gasteiger partial charge in [0.2, 0.25) is 0 Å². The third-order valence-electron chi connectivity index (χ3n) is 4.70. The fourth-order valence-corrected chi connectivity index (χ4v) is 2.98. The maximum atomic E-state index is 4.57. The summed E-state index contributed by atoms with van der Waals surface area (Å²) in [7, 11) is 0. The zero-order valence-electron chi connectivity index (χ0n) is 16.1. The van der Waals surface area contributed by atoms with Crippen LogP contribution in [0, 0.1) is 13.8 Å². The van der Waals surface area contributed by atoms with Crippen LogP contribution in [0.2, 0.25) is 0 Å². The van der Waals surface area contributed by atoms with E-state index < -0.39 is 0 Å². The normalized spacial score (nSPS) is 10.8. The van der Waals surface area contributed by atoms with Crippen LogP contribution in [0.1, 0.15) is 22.3 Å².